The lowest BCUT2D eigenvalue weighted by molar-refractivity contribution is -0.136. The molecule has 0 spiro atoms. The van der Waals surface area contributed by atoms with Crippen LogP contribution in [0.5, 0.6) is 5.75 Å². The summed E-state index contributed by atoms with van der Waals surface area (Å²) in [7, 11) is 3.75. The van der Waals surface area contributed by atoms with Gasteiger partial charge < -0.3 is 30.2 Å². The summed E-state index contributed by atoms with van der Waals surface area (Å²) in [5.74, 6) is 5.72. The van der Waals surface area contributed by atoms with Gasteiger partial charge in [-0.1, -0.05) is 31.8 Å². The minimum Gasteiger partial charge on any atom is -0.489 e. The van der Waals surface area contributed by atoms with Gasteiger partial charge in [0, 0.05) is 83.2 Å². The zero-order chi connectivity index (χ0) is 40.9. The fourth-order valence-electron chi connectivity index (χ4n) is 7.38. The van der Waals surface area contributed by atoms with Gasteiger partial charge >= 0.3 is 0 Å². The van der Waals surface area contributed by atoms with Crippen molar-refractivity contribution in [2.24, 2.45) is 0 Å². The van der Waals surface area contributed by atoms with Gasteiger partial charge in [0.2, 0.25) is 11.8 Å². The smallest absolute Gasteiger partial charge is 0.269 e. The average Bonchev–Trinajstić information content (AvgIpc) is 3.80. The maximum atomic E-state index is 13.1. The molecule has 14 nitrogen and oxygen atoms in total. The van der Waals surface area contributed by atoms with Gasteiger partial charge in [0.25, 0.3) is 11.8 Å². The van der Waals surface area contributed by atoms with Crippen LogP contribution in [0.1, 0.15) is 86.9 Å². The van der Waals surface area contributed by atoms with Crippen molar-refractivity contribution in [1.29, 1.82) is 0 Å². The van der Waals surface area contributed by atoms with Gasteiger partial charge in [-0.25, -0.2) is 0 Å². The Bertz CT molecular complexity index is 2480. The predicted octanol–water partition coefficient (Wildman–Crippen LogP) is 4.86. The second kappa shape index (κ2) is 17.1. The number of carbonyl (C=O) groups is 5. The number of aromatic nitrogens is 3. The number of carbonyl (C=O) groups excluding carboxylic acids is 5. The summed E-state index contributed by atoms with van der Waals surface area (Å²) in [5, 5.41) is 8.80. The highest BCUT2D eigenvalue weighted by atomic mass is 16.5. The molecule has 4 N–H and O–H groups in total. The van der Waals surface area contributed by atoms with Crippen LogP contribution in [-0.2, 0) is 16.1 Å². The molecule has 0 radical (unpaired) electrons. The minimum atomic E-state index is -0.693. The number of imide groups is 1. The third-order valence-electron chi connectivity index (χ3n) is 10.2. The number of benzene rings is 2. The number of pyridine rings is 2. The van der Waals surface area contributed by atoms with Crippen molar-refractivity contribution in [2.45, 2.75) is 51.6 Å². The Balaban J connectivity index is 0.00000166. The molecule has 1 fully saturated rings. The quantitative estimate of drug-likeness (QED) is 0.0736. The van der Waals surface area contributed by atoms with Crippen molar-refractivity contribution in [3.63, 3.8) is 0 Å². The van der Waals surface area contributed by atoms with E-state index < -0.39 is 11.9 Å². The van der Waals surface area contributed by atoms with Gasteiger partial charge in [0.05, 0.1) is 18.4 Å². The van der Waals surface area contributed by atoms with Crippen LogP contribution in [0, 0.1) is 11.8 Å². The molecule has 6 heterocycles. The molecule has 0 bridgehead atoms. The summed E-state index contributed by atoms with van der Waals surface area (Å²) in [6, 6.07) is 14.1. The van der Waals surface area contributed by atoms with Crippen LogP contribution in [0.25, 0.3) is 22.2 Å². The highest BCUT2D eigenvalue weighted by Gasteiger charge is 2.39. The van der Waals surface area contributed by atoms with Crippen molar-refractivity contribution in [2.75, 3.05) is 38.7 Å². The van der Waals surface area contributed by atoms with E-state index in [-0.39, 0.29) is 48.8 Å². The number of nitrogens with zero attached hydrogens (tertiary/aromatic N) is 4. The van der Waals surface area contributed by atoms with E-state index in [2.05, 4.69) is 62.6 Å². The third kappa shape index (κ3) is 7.89. The van der Waals surface area contributed by atoms with Crippen molar-refractivity contribution < 1.29 is 28.7 Å². The van der Waals surface area contributed by atoms with E-state index in [1.165, 1.54) is 4.90 Å². The molecule has 4 amide bonds. The number of aromatic amines is 1. The molecule has 3 aromatic heterocycles. The first kappa shape index (κ1) is 39.4. The number of fused-ring (bicyclic) bond motifs is 3. The van der Waals surface area contributed by atoms with E-state index in [0.29, 0.717) is 54.1 Å². The zero-order valence-corrected chi connectivity index (χ0v) is 32.8. The highest BCUT2D eigenvalue weighted by Crippen LogP contribution is 2.41. The number of rotatable bonds is 8. The van der Waals surface area contributed by atoms with E-state index in [1.807, 2.05) is 32.3 Å². The molecule has 1 atom stereocenters. The SMILES string of the molecule is CC(C)c1cc(N2CCOc3cc(-c4ccc(C(=O)NCCC#Cc5cccc6c5CN(C5CCC(=O)NC5=O)C6=O)nc4)ncc32)cc2c(C=O)c[nH]c12.CNC. The predicted molar refractivity (Wildman–Crippen MR) is 219 cm³/mol. The molecule has 3 aliphatic rings. The normalized spacial score (nSPS) is 15.7. The van der Waals surface area contributed by atoms with Crippen molar-refractivity contribution in [3.05, 3.63) is 101 Å². The number of amides is 4. The second-order valence-electron chi connectivity index (χ2n) is 14.5. The van der Waals surface area contributed by atoms with Crippen molar-refractivity contribution in [3.8, 4) is 28.8 Å². The monoisotopic (exact) mass is 780 g/mol. The van der Waals surface area contributed by atoms with Crippen molar-refractivity contribution >= 4 is 52.2 Å². The molecule has 5 aromatic rings. The Morgan fingerprint density at radius 1 is 1.09 bits per heavy atom. The van der Waals surface area contributed by atoms with Crippen LogP contribution in [0.4, 0.5) is 11.4 Å². The molecule has 0 saturated carbocycles. The number of piperidine rings is 1. The van der Waals surface area contributed by atoms with Crippen LogP contribution in [0.15, 0.2) is 67.1 Å². The Kier molecular flexibility index (Phi) is 11.6. The Morgan fingerprint density at radius 3 is 2.66 bits per heavy atom. The van der Waals surface area contributed by atoms with Crippen LogP contribution >= 0.6 is 0 Å². The molecule has 3 aliphatic heterocycles. The zero-order valence-electron chi connectivity index (χ0n) is 32.8. The van der Waals surface area contributed by atoms with E-state index >= 15 is 0 Å². The van der Waals surface area contributed by atoms with Crippen molar-refractivity contribution in [1.82, 2.24) is 35.8 Å². The largest absolute Gasteiger partial charge is 0.489 e. The lowest BCUT2D eigenvalue weighted by atomic mass is 9.98. The van der Waals surface area contributed by atoms with E-state index in [9.17, 15) is 24.0 Å². The lowest BCUT2D eigenvalue weighted by Crippen LogP contribution is -2.52. The van der Waals surface area contributed by atoms with Crippen LogP contribution in [0.2, 0.25) is 0 Å². The molecule has 0 aliphatic carbocycles. The fraction of sp³-hybridized carbons (Fsp3) is 0.295. The number of anilines is 2. The van der Waals surface area contributed by atoms with Crippen LogP contribution < -0.4 is 25.6 Å². The topological polar surface area (TPSA) is 179 Å². The van der Waals surface area contributed by atoms with Gasteiger partial charge in [-0.05, 0) is 74.0 Å². The summed E-state index contributed by atoms with van der Waals surface area (Å²) in [4.78, 5) is 77.8. The first-order valence-electron chi connectivity index (χ1n) is 19.2. The molecule has 14 heteroatoms. The summed E-state index contributed by atoms with van der Waals surface area (Å²) in [5.41, 5.74) is 8.04. The van der Waals surface area contributed by atoms with E-state index in [1.54, 1.807) is 42.9 Å². The highest BCUT2D eigenvalue weighted by molar-refractivity contribution is 6.06. The molecular formula is C44H44N8O6. The summed E-state index contributed by atoms with van der Waals surface area (Å²) in [6.45, 7) is 5.88. The molecular weight excluding hydrogens is 737 g/mol. The van der Waals surface area contributed by atoms with Gasteiger partial charge in [0.1, 0.15) is 29.8 Å². The number of H-pyrrole nitrogens is 1. The molecule has 58 heavy (non-hydrogen) atoms. The molecule has 1 saturated heterocycles. The lowest BCUT2D eigenvalue weighted by Gasteiger charge is -2.32. The average molecular weight is 781 g/mol. The van der Waals surface area contributed by atoms with Crippen LogP contribution in [0.3, 0.4) is 0 Å². The molecule has 296 valence electrons. The van der Waals surface area contributed by atoms with Gasteiger partial charge in [-0.2, -0.15) is 0 Å². The number of hydrogen-bond acceptors (Lipinski definition) is 10. The van der Waals surface area contributed by atoms with Gasteiger partial charge in [0.15, 0.2) is 6.29 Å². The summed E-state index contributed by atoms with van der Waals surface area (Å²) < 4.78 is 6.07. The Hall–Kier alpha value is -6.85. The maximum absolute atomic E-state index is 13.1. The molecule has 2 aromatic carbocycles. The number of hydrogen-bond donors (Lipinski definition) is 4. The first-order valence-corrected chi connectivity index (χ1v) is 19.2. The summed E-state index contributed by atoms with van der Waals surface area (Å²) in [6.07, 6.45) is 6.85. The summed E-state index contributed by atoms with van der Waals surface area (Å²) >= 11 is 0. The Morgan fingerprint density at radius 2 is 1.91 bits per heavy atom. The number of nitrogens with one attached hydrogen (secondary N) is 4. The maximum Gasteiger partial charge on any atom is 0.269 e. The van der Waals surface area contributed by atoms with Gasteiger partial charge in [-0.3, -0.25) is 39.3 Å². The van der Waals surface area contributed by atoms with Gasteiger partial charge in [-0.15, -0.1) is 0 Å². The second-order valence-corrected chi connectivity index (χ2v) is 14.5. The minimum absolute atomic E-state index is 0.189. The van der Waals surface area contributed by atoms with Crippen LogP contribution in [-0.4, -0.2) is 89.6 Å². The third-order valence-corrected chi connectivity index (χ3v) is 10.2. The van der Waals surface area contributed by atoms with E-state index in [4.69, 9.17) is 9.72 Å². The first-order chi connectivity index (χ1) is 28.1. The Labute approximate surface area is 335 Å². The number of ether oxygens (including phenoxy) is 1. The van der Waals surface area contributed by atoms with E-state index in [0.717, 1.165) is 45.3 Å². The molecule has 8 rings (SSSR count). The number of aldehydes is 1. The fourth-order valence-corrected chi connectivity index (χ4v) is 7.38. The standard InChI is InChI=1S/C42H37N7O6.C2H7N/c1-24(2)30-16-28(17-31-27(23-50)20-46-39(30)31)48-14-15-55-37-18-34(45-21-36(37)48)26-9-10-33(44-19-26)40(52)43-13-4-3-6-25-7-5-8-29-32(25)22-49(42(29)54)35-11-12-38(51)47-41(35)53;1-3-2/h5,7-10,16-21,23-24,35,46H,4,11-15,22H2,1-2H3,(H,43,52)(H,47,51,53);3H,1-2H3. The molecule has 1 unspecified atom stereocenters.